The number of carbonyl (C=O) groups excluding carboxylic acids is 1. The topological polar surface area (TPSA) is 107 Å². The van der Waals surface area contributed by atoms with Gasteiger partial charge in [-0.3, -0.25) is 4.79 Å². The largest absolute Gasteiger partial charge is 0.382 e. The maximum Gasteiger partial charge on any atom is 0.258 e. The Morgan fingerprint density at radius 1 is 1.18 bits per heavy atom. The zero-order valence-electron chi connectivity index (χ0n) is 11.8. The number of anilines is 3. The summed E-state index contributed by atoms with van der Waals surface area (Å²) in [7, 11) is 0. The second kappa shape index (κ2) is 6.14. The molecule has 0 fully saturated rings. The Morgan fingerprint density at radius 2 is 1.77 bits per heavy atom. The molecular formula is C13H13F2N5OS. The summed E-state index contributed by atoms with van der Waals surface area (Å²) in [6.45, 7) is 1.39. The van der Waals surface area contributed by atoms with Gasteiger partial charge in [0.2, 0.25) is 0 Å². The van der Waals surface area contributed by atoms with Gasteiger partial charge in [-0.2, -0.15) is 0 Å². The lowest BCUT2D eigenvalue weighted by Crippen LogP contribution is -2.18. The zero-order valence-corrected chi connectivity index (χ0v) is 12.6. The Morgan fingerprint density at radius 3 is 2.32 bits per heavy atom. The van der Waals surface area contributed by atoms with Crippen molar-refractivity contribution in [2.75, 3.05) is 23.0 Å². The van der Waals surface area contributed by atoms with Gasteiger partial charge < -0.3 is 16.8 Å². The highest BCUT2D eigenvalue weighted by molar-refractivity contribution is 7.98. The molecule has 0 bridgehead atoms. The molecule has 2 rings (SSSR count). The monoisotopic (exact) mass is 325 g/mol. The summed E-state index contributed by atoms with van der Waals surface area (Å²) in [5.74, 6) is -2.55. The lowest BCUT2D eigenvalue weighted by Gasteiger charge is -2.11. The van der Waals surface area contributed by atoms with Crippen LogP contribution < -0.4 is 16.8 Å². The number of hydrogen-bond donors (Lipinski definition) is 3. The number of rotatable bonds is 3. The van der Waals surface area contributed by atoms with E-state index in [-0.39, 0.29) is 22.9 Å². The van der Waals surface area contributed by atoms with Crippen molar-refractivity contribution in [3.8, 4) is 0 Å². The van der Waals surface area contributed by atoms with Crippen molar-refractivity contribution >= 4 is 35.0 Å². The number of hydrogen-bond acceptors (Lipinski definition) is 6. The first-order chi connectivity index (χ1) is 10.3. The van der Waals surface area contributed by atoms with Crippen molar-refractivity contribution in [1.82, 2.24) is 9.97 Å². The maximum atomic E-state index is 13.8. The third-order valence-corrected chi connectivity index (χ3v) is 3.41. The van der Waals surface area contributed by atoms with Crippen LogP contribution in [0, 0.1) is 18.6 Å². The number of nitrogens with zero attached hydrogens (tertiary/aromatic N) is 2. The van der Waals surface area contributed by atoms with Gasteiger partial charge in [-0.25, -0.2) is 18.7 Å². The molecule has 0 spiro atoms. The molecule has 22 heavy (non-hydrogen) atoms. The Labute approximate surface area is 129 Å². The van der Waals surface area contributed by atoms with Crippen LogP contribution in [0.25, 0.3) is 0 Å². The minimum Gasteiger partial charge on any atom is -0.382 e. The van der Waals surface area contributed by atoms with Crippen LogP contribution in [0.4, 0.5) is 26.1 Å². The molecule has 0 saturated carbocycles. The van der Waals surface area contributed by atoms with Crippen molar-refractivity contribution in [2.45, 2.75) is 12.1 Å². The lowest BCUT2D eigenvalue weighted by atomic mass is 10.1. The van der Waals surface area contributed by atoms with Crippen molar-refractivity contribution in [3.05, 3.63) is 34.9 Å². The van der Waals surface area contributed by atoms with Crippen LogP contribution in [0.2, 0.25) is 0 Å². The molecule has 9 heteroatoms. The molecule has 0 radical (unpaired) electrons. The number of aryl methyl sites for hydroxylation is 1. The standard InChI is InChI=1S/C13H13F2N5OS/c1-5-3-8(15)6(4-7(5)14)12(21)18-9-10(16)19-13(22-2)20-11(9)17/h3-4H,1-2H3,(H,18,21)(H4,16,17,19,20). The quantitative estimate of drug-likeness (QED) is 0.590. The average molecular weight is 325 g/mol. The normalized spacial score (nSPS) is 10.5. The summed E-state index contributed by atoms with van der Waals surface area (Å²) in [6.07, 6.45) is 1.73. The summed E-state index contributed by atoms with van der Waals surface area (Å²) >= 11 is 1.22. The molecule has 0 aliphatic heterocycles. The van der Waals surface area contributed by atoms with Gasteiger partial charge in [0.1, 0.15) is 17.3 Å². The van der Waals surface area contributed by atoms with Crippen LogP contribution in [0.15, 0.2) is 17.3 Å². The number of nitrogens with two attached hydrogens (primary N) is 2. The lowest BCUT2D eigenvalue weighted by molar-refractivity contribution is 0.102. The van der Waals surface area contributed by atoms with Crippen LogP contribution in [0.1, 0.15) is 15.9 Å². The van der Waals surface area contributed by atoms with E-state index in [2.05, 4.69) is 15.3 Å². The fraction of sp³-hybridized carbons (Fsp3) is 0.154. The first-order valence-corrected chi connectivity index (χ1v) is 7.30. The first-order valence-electron chi connectivity index (χ1n) is 6.07. The van der Waals surface area contributed by atoms with Gasteiger partial charge in [-0.15, -0.1) is 0 Å². The van der Waals surface area contributed by atoms with E-state index in [4.69, 9.17) is 11.5 Å². The molecule has 0 unspecified atom stereocenters. The molecule has 116 valence electrons. The molecular weight excluding hydrogens is 312 g/mol. The number of halogens is 2. The van der Waals surface area contributed by atoms with E-state index in [1.54, 1.807) is 6.26 Å². The Hall–Kier alpha value is -2.42. The van der Waals surface area contributed by atoms with Crippen LogP contribution in [-0.4, -0.2) is 22.1 Å². The predicted octanol–water partition coefficient (Wildman–Crippen LogP) is 2.20. The number of nitrogen functional groups attached to an aromatic ring is 2. The number of carbonyl (C=O) groups is 1. The molecule has 1 aromatic carbocycles. The van der Waals surface area contributed by atoms with Gasteiger partial charge in [0, 0.05) is 0 Å². The van der Waals surface area contributed by atoms with E-state index in [9.17, 15) is 13.6 Å². The van der Waals surface area contributed by atoms with Crippen LogP contribution >= 0.6 is 11.8 Å². The van der Waals surface area contributed by atoms with Gasteiger partial charge in [-0.1, -0.05) is 11.8 Å². The van der Waals surface area contributed by atoms with Crippen LogP contribution in [-0.2, 0) is 0 Å². The van der Waals surface area contributed by atoms with Gasteiger partial charge >= 0.3 is 0 Å². The fourth-order valence-corrected chi connectivity index (χ4v) is 2.07. The molecule has 2 aromatic rings. The van der Waals surface area contributed by atoms with Crippen molar-refractivity contribution < 1.29 is 13.6 Å². The number of amides is 1. The molecule has 1 amide bonds. The van der Waals surface area contributed by atoms with E-state index < -0.39 is 23.1 Å². The Kier molecular flexibility index (Phi) is 4.45. The maximum absolute atomic E-state index is 13.8. The minimum atomic E-state index is -0.893. The van der Waals surface area contributed by atoms with E-state index in [1.165, 1.54) is 18.7 Å². The van der Waals surface area contributed by atoms with Crippen molar-refractivity contribution in [2.24, 2.45) is 0 Å². The summed E-state index contributed by atoms with van der Waals surface area (Å²) in [4.78, 5) is 19.9. The van der Waals surface area contributed by atoms with Gasteiger partial charge in [-0.05, 0) is 30.9 Å². The molecule has 0 aliphatic rings. The van der Waals surface area contributed by atoms with E-state index in [0.29, 0.717) is 5.16 Å². The zero-order chi connectivity index (χ0) is 16.4. The third-order valence-electron chi connectivity index (χ3n) is 2.86. The van der Waals surface area contributed by atoms with Crippen molar-refractivity contribution in [3.63, 3.8) is 0 Å². The Bertz CT molecular complexity index is 730. The molecule has 6 nitrogen and oxygen atoms in total. The van der Waals surface area contributed by atoms with E-state index in [1.807, 2.05) is 0 Å². The Balaban J connectivity index is 2.36. The van der Waals surface area contributed by atoms with Gasteiger partial charge in [0.05, 0.1) is 5.56 Å². The SMILES string of the molecule is CSc1nc(N)c(NC(=O)c2cc(F)c(C)cc2F)c(N)n1. The summed E-state index contributed by atoms with van der Waals surface area (Å²) in [5, 5.41) is 2.64. The molecule has 0 aliphatic carbocycles. The fourth-order valence-electron chi connectivity index (χ4n) is 1.69. The number of aromatic nitrogens is 2. The second-order valence-corrected chi connectivity index (χ2v) is 5.16. The molecule has 0 saturated heterocycles. The predicted molar refractivity (Wildman–Crippen MR) is 81.7 cm³/mol. The van der Waals surface area contributed by atoms with Gasteiger partial charge in [0.15, 0.2) is 16.8 Å². The smallest absolute Gasteiger partial charge is 0.258 e. The minimum absolute atomic E-state index is 0.0387. The highest BCUT2D eigenvalue weighted by Gasteiger charge is 2.18. The summed E-state index contributed by atoms with van der Waals surface area (Å²) < 4.78 is 27.3. The first kappa shape index (κ1) is 16.0. The van der Waals surface area contributed by atoms with E-state index >= 15 is 0 Å². The van der Waals surface area contributed by atoms with Crippen LogP contribution in [0.5, 0.6) is 0 Å². The summed E-state index contributed by atoms with van der Waals surface area (Å²) in [6, 6.07) is 1.74. The number of nitrogens with one attached hydrogen (secondary N) is 1. The highest BCUT2D eigenvalue weighted by atomic mass is 32.2. The third kappa shape index (κ3) is 3.08. The molecule has 0 atom stereocenters. The number of thioether (sulfide) groups is 1. The second-order valence-electron chi connectivity index (χ2n) is 4.39. The number of benzene rings is 1. The van der Waals surface area contributed by atoms with Gasteiger partial charge in [0.25, 0.3) is 5.91 Å². The molecule has 1 aromatic heterocycles. The molecule has 5 N–H and O–H groups in total. The molecule has 1 heterocycles. The van der Waals surface area contributed by atoms with Crippen molar-refractivity contribution in [1.29, 1.82) is 0 Å². The highest BCUT2D eigenvalue weighted by Crippen LogP contribution is 2.26. The van der Waals surface area contributed by atoms with Crippen LogP contribution in [0.3, 0.4) is 0 Å². The average Bonchev–Trinajstić information content (AvgIpc) is 2.46. The van der Waals surface area contributed by atoms with E-state index in [0.717, 1.165) is 12.1 Å². The summed E-state index contributed by atoms with van der Waals surface area (Å²) in [5.41, 5.74) is 11.0.